The zero-order valence-corrected chi connectivity index (χ0v) is 24.3. The van der Waals surface area contributed by atoms with Crippen LogP contribution >= 0.6 is 0 Å². The number of esters is 1. The zero-order valence-electron chi connectivity index (χ0n) is 23.2. The van der Waals surface area contributed by atoms with Crippen LogP contribution in [0.4, 0.5) is 0 Å². The average Bonchev–Trinajstić information content (AvgIpc) is 3.23. The van der Waals surface area contributed by atoms with E-state index in [4.69, 9.17) is 23.4 Å². The fraction of sp³-hybridized carbons (Fsp3) is 0.344. The molecule has 1 saturated heterocycles. The number of methoxy groups -OCH3 is 1. The van der Waals surface area contributed by atoms with E-state index in [1.54, 1.807) is 7.11 Å². The molecule has 8 nitrogen and oxygen atoms in total. The number of ether oxygens (including phenoxy) is 2. The largest absolute Gasteiger partial charge is 0 e. The van der Waals surface area contributed by atoms with Crippen LogP contribution in [0.25, 0.3) is 0 Å². The number of hydrogen-bond donors (Lipinski definition) is 0. The van der Waals surface area contributed by atoms with Crippen LogP contribution < -0.4 is 4.74 Å². The molecule has 2 fully saturated rings. The summed E-state index contributed by atoms with van der Waals surface area (Å²) in [5, 5.41) is 0. The first kappa shape index (κ1) is 37.9. The van der Waals surface area contributed by atoms with Gasteiger partial charge in [-0.2, -0.15) is 0 Å². The third kappa shape index (κ3) is 9.21. The van der Waals surface area contributed by atoms with Gasteiger partial charge in [0.15, 0.2) is 0 Å². The van der Waals surface area contributed by atoms with Gasteiger partial charge in [-0.05, 0) is 68.7 Å². The Morgan fingerprint density at radius 1 is 1.00 bits per heavy atom. The van der Waals surface area contributed by atoms with E-state index >= 15 is 0 Å². The van der Waals surface area contributed by atoms with Crippen molar-refractivity contribution in [2.75, 3.05) is 13.7 Å². The third-order valence-corrected chi connectivity index (χ3v) is 7.16. The second kappa shape index (κ2) is 19.9. The quantitative estimate of drug-likeness (QED) is 0.192. The standard InChI is InChI=1S/C29H33NO4.3CO.Fe/c1-4-34-27(31)21(2)26-25(19-22-11-7-5-8-12-22)30(20-23-13-15-24(33-3)16-14-23)28(32)29(26)17-9-6-10-18-29;3*1-2;/h5-17,21,25-26H,4,18-20H2,1-3H3;;;;/t21-,25-,26-,29-;;;;/m0..../s1. The van der Waals surface area contributed by atoms with Gasteiger partial charge in [-0.25, -0.2) is 0 Å². The first-order valence-electron chi connectivity index (χ1n) is 12.6. The molecule has 2 aliphatic rings. The van der Waals surface area contributed by atoms with Gasteiger partial charge in [0.05, 0.1) is 25.0 Å². The van der Waals surface area contributed by atoms with Crippen molar-refractivity contribution < 1.29 is 50.1 Å². The monoisotopic (exact) mass is 599 g/mol. The van der Waals surface area contributed by atoms with Crippen molar-refractivity contribution in [1.29, 1.82) is 0 Å². The molecule has 1 heterocycles. The van der Waals surface area contributed by atoms with Gasteiger partial charge in [-0.15, -0.1) is 0 Å². The van der Waals surface area contributed by atoms with Gasteiger partial charge in [0, 0.05) is 35.6 Å². The van der Waals surface area contributed by atoms with E-state index in [1.807, 2.05) is 86.9 Å². The van der Waals surface area contributed by atoms with E-state index in [0.29, 0.717) is 26.0 Å². The Labute approximate surface area is 253 Å². The molecule has 1 aliphatic carbocycles. The molecule has 0 aromatic heterocycles. The van der Waals surface area contributed by atoms with Gasteiger partial charge in [0.2, 0.25) is 5.91 Å². The molecule has 0 bridgehead atoms. The number of carbonyl (C=O) groups excluding carboxylic acids is 2. The van der Waals surface area contributed by atoms with E-state index in [2.05, 4.69) is 32.1 Å². The summed E-state index contributed by atoms with van der Waals surface area (Å²) in [6.07, 6.45) is 9.24. The normalized spacial score (nSPS) is 18.9. The second-order valence-electron chi connectivity index (χ2n) is 9.14. The fourth-order valence-corrected chi connectivity index (χ4v) is 5.55. The zero-order chi connectivity index (χ0) is 30.1. The van der Waals surface area contributed by atoms with Gasteiger partial charge in [0.1, 0.15) is 5.75 Å². The van der Waals surface area contributed by atoms with E-state index in [9.17, 15) is 9.59 Å². The van der Waals surface area contributed by atoms with Crippen molar-refractivity contribution in [3.8, 4) is 5.75 Å². The molecule has 4 rings (SSSR count). The van der Waals surface area contributed by atoms with E-state index in [1.165, 1.54) is 0 Å². The topological polar surface area (TPSA) is 116 Å². The molecule has 2 aromatic carbocycles. The van der Waals surface area contributed by atoms with Crippen LogP contribution in [0.15, 0.2) is 54.6 Å². The molecule has 0 unspecified atom stereocenters. The van der Waals surface area contributed by atoms with Crippen LogP contribution in [0.1, 0.15) is 31.4 Å². The summed E-state index contributed by atoms with van der Waals surface area (Å²) in [5.74, 6) is -0.0192. The van der Waals surface area contributed by atoms with Crippen molar-refractivity contribution in [3.05, 3.63) is 111 Å². The van der Waals surface area contributed by atoms with Crippen LogP contribution in [0, 0.1) is 62.9 Å². The summed E-state index contributed by atoms with van der Waals surface area (Å²) >= 11 is 0. The summed E-state index contributed by atoms with van der Waals surface area (Å²) < 4.78 is 33.2. The van der Waals surface area contributed by atoms with E-state index in [-0.39, 0.29) is 40.9 Å². The summed E-state index contributed by atoms with van der Waals surface area (Å²) in [6.45, 7) is 18.0. The van der Waals surface area contributed by atoms with Gasteiger partial charge >= 0.3 is 39.9 Å². The summed E-state index contributed by atoms with van der Waals surface area (Å²) in [6, 6.07) is 17.9. The maximum Gasteiger partial charge on any atom is 0 e. The molecule has 1 aliphatic heterocycles. The maximum atomic E-state index is 14.2. The average molecular weight is 599 g/mol. The molecule has 0 N–H and O–H groups in total. The van der Waals surface area contributed by atoms with Crippen LogP contribution in [0.3, 0.4) is 0 Å². The van der Waals surface area contributed by atoms with Gasteiger partial charge in [-0.1, -0.05) is 49.4 Å². The molecule has 9 heteroatoms. The second-order valence-corrected chi connectivity index (χ2v) is 9.14. The number of benzene rings is 2. The minimum Gasteiger partial charge on any atom is 0 e. The van der Waals surface area contributed by atoms with Crippen molar-refractivity contribution >= 4 is 11.9 Å². The van der Waals surface area contributed by atoms with Crippen LogP contribution in [-0.2, 0) is 58.3 Å². The molecule has 2 aromatic rings. The Bertz CT molecular complexity index is 1090. The summed E-state index contributed by atoms with van der Waals surface area (Å²) in [7, 11) is 1.64. The first-order valence-corrected chi connectivity index (χ1v) is 12.6. The Morgan fingerprint density at radius 2 is 1.61 bits per heavy atom. The van der Waals surface area contributed by atoms with Gasteiger partial charge < -0.3 is 14.4 Å². The van der Waals surface area contributed by atoms with Crippen molar-refractivity contribution in [2.24, 2.45) is 17.3 Å². The van der Waals surface area contributed by atoms with Crippen LogP contribution in [0.5, 0.6) is 5.75 Å². The molecule has 216 valence electrons. The molecular formula is C32H33FeNO7. The molecular weight excluding hydrogens is 566 g/mol. The number of hydrogen-bond acceptors (Lipinski definition) is 4. The van der Waals surface area contributed by atoms with Crippen molar-refractivity contribution in [3.63, 3.8) is 0 Å². The van der Waals surface area contributed by atoms with Crippen molar-refractivity contribution in [1.82, 2.24) is 4.90 Å². The minimum atomic E-state index is -0.757. The van der Waals surface area contributed by atoms with Crippen LogP contribution in [-0.4, -0.2) is 36.5 Å². The molecule has 41 heavy (non-hydrogen) atoms. The third-order valence-electron chi connectivity index (χ3n) is 7.16. The van der Waals surface area contributed by atoms with Crippen LogP contribution in [0.2, 0.25) is 0 Å². The SMILES string of the molecule is CCOC(=O)[C@@H](C)[C@H]1[C@H](Cc2ccccc2)N(Cc2ccc(OC)cc2)C(=O)[C@]12[CH][CH][CH][CH]C2.[C-]#[O+].[C-]#[O+].[C-]#[O+].[Fe]. The number of likely N-dealkylation sites (tertiary alicyclic amines) is 1. The fourth-order valence-electron chi connectivity index (χ4n) is 5.55. The molecule has 1 amide bonds. The van der Waals surface area contributed by atoms with Crippen molar-refractivity contribution in [2.45, 2.75) is 39.3 Å². The molecule has 1 saturated carbocycles. The minimum absolute atomic E-state index is 0. The Balaban J connectivity index is 0.00000215. The van der Waals surface area contributed by atoms with Gasteiger partial charge in [0.25, 0.3) is 0 Å². The number of amides is 1. The predicted molar refractivity (Wildman–Crippen MR) is 143 cm³/mol. The number of nitrogens with zero attached hydrogens (tertiary/aromatic N) is 1. The summed E-state index contributed by atoms with van der Waals surface area (Å²) in [5.41, 5.74) is 1.42. The number of rotatable bonds is 8. The van der Waals surface area contributed by atoms with Gasteiger partial charge in [-0.3, -0.25) is 9.59 Å². The van der Waals surface area contributed by atoms with E-state index in [0.717, 1.165) is 16.9 Å². The van der Waals surface area contributed by atoms with E-state index < -0.39 is 11.3 Å². The first-order chi connectivity index (χ1) is 19.5. The Kier molecular flexibility index (Phi) is 18.4. The summed E-state index contributed by atoms with van der Waals surface area (Å²) in [4.78, 5) is 29.1. The molecule has 4 radical (unpaired) electrons. The maximum absolute atomic E-state index is 14.2. The Hall–Kier alpha value is -3.08. The number of carbonyl (C=O) groups is 2. The molecule has 4 atom stereocenters. The predicted octanol–water partition coefficient (Wildman–Crippen LogP) is 4.56. The Morgan fingerprint density at radius 3 is 2.12 bits per heavy atom. The molecule has 1 spiro atoms. The smallest absolute Gasteiger partial charge is 0 e.